The second kappa shape index (κ2) is 2.65. The van der Waals surface area contributed by atoms with Gasteiger partial charge >= 0.3 is 0 Å². The van der Waals surface area contributed by atoms with E-state index in [2.05, 4.69) is 24.0 Å². The van der Waals surface area contributed by atoms with Crippen molar-refractivity contribution in [3.8, 4) is 0 Å². The van der Waals surface area contributed by atoms with Gasteiger partial charge in [-0.2, -0.15) is 0 Å². The van der Waals surface area contributed by atoms with E-state index in [1.54, 1.807) is 0 Å². The standard InChI is InChI=1S/C10H13N/c1-2-8-7-10(8)9-3-5-11-6-4-9/h3-6,8,10H,2,7H2,1H3/t8-,10-/m0/s1. The van der Waals surface area contributed by atoms with Crippen LogP contribution in [0.4, 0.5) is 0 Å². The summed E-state index contributed by atoms with van der Waals surface area (Å²) >= 11 is 0. The zero-order chi connectivity index (χ0) is 7.68. The number of pyridine rings is 1. The molecule has 1 saturated carbocycles. The van der Waals surface area contributed by atoms with E-state index in [4.69, 9.17) is 0 Å². The van der Waals surface area contributed by atoms with Gasteiger partial charge in [-0.1, -0.05) is 13.3 Å². The smallest absolute Gasteiger partial charge is 0.0270 e. The van der Waals surface area contributed by atoms with Crippen LogP contribution in [0.15, 0.2) is 24.5 Å². The predicted octanol–water partition coefficient (Wildman–Crippen LogP) is 2.60. The van der Waals surface area contributed by atoms with Crippen molar-refractivity contribution in [1.29, 1.82) is 0 Å². The molecule has 1 nitrogen and oxygen atoms in total. The largest absolute Gasteiger partial charge is 0.265 e. The Morgan fingerprint density at radius 1 is 1.45 bits per heavy atom. The predicted molar refractivity (Wildman–Crippen MR) is 45.4 cm³/mol. The van der Waals surface area contributed by atoms with Gasteiger partial charge in [0.25, 0.3) is 0 Å². The van der Waals surface area contributed by atoms with E-state index in [9.17, 15) is 0 Å². The molecule has 0 bridgehead atoms. The quantitative estimate of drug-likeness (QED) is 0.626. The number of hydrogen-bond donors (Lipinski definition) is 0. The summed E-state index contributed by atoms with van der Waals surface area (Å²) in [4.78, 5) is 4.01. The molecule has 1 fully saturated rings. The van der Waals surface area contributed by atoms with Crippen LogP contribution in [0.25, 0.3) is 0 Å². The van der Waals surface area contributed by atoms with Gasteiger partial charge in [-0.05, 0) is 36.0 Å². The monoisotopic (exact) mass is 147 g/mol. The second-order valence-corrected chi connectivity index (χ2v) is 3.29. The molecule has 58 valence electrons. The minimum atomic E-state index is 0.850. The molecule has 0 radical (unpaired) electrons. The van der Waals surface area contributed by atoms with Gasteiger partial charge in [-0.25, -0.2) is 0 Å². The highest BCUT2D eigenvalue weighted by molar-refractivity contribution is 5.22. The Hall–Kier alpha value is -0.850. The summed E-state index contributed by atoms with van der Waals surface area (Å²) < 4.78 is 0. The third-order valence-electron chi connectivity index (χ3n) is 2.58. The van der Waals surface area contributed by atoms with Crippen molar-refractivity contribution < 1.29 is 0 Å². The highest BCUT2D eigenvalue weighted by Crippen LogP contribution is 2.48. The lowest BCUT2D eigenvalue weighted by Gasteiger charge is -1.95. The molecule has 2 rings (SSSR count). The fourth-order valence-electron chi connectivity index (χ4n) is 1.72. The average molecular weight is 147 g/mol. The lowest BCUT2D eigenvalue weighted by Crippen LogP contribution is -1.81. The molecule has 0 N–H and O–H groups in total. The number of aromatic nitrogens is 1. The highest BCUT2D eigenvalue weighted by atomic mass is 14.6. The second-order valence-electron chi connectivity index (χ2n) is 3.29. The summed E-state index contributed by atoms with van der Waals surface area (Å²) in [6.07, 6.45) is 6.49. The first-order chi connectivity index (χ1) is 5.42. The maximum atomic E-state index is 4.01. The molecule has 0 unspecified atom stereocenters. The fraction of sp³-hybridized carbons (Fsp3) is 0.500. The highest BCUT2D eigenvalue weighted by Gasteiger charge is 2.36. The molecule has 1 aliphatic carbocycles. The van der Waals surface area contributed by atoms with Gasteiger partial charge in [-0.3, -0.25) is 4.98 Å². The zero-order valence-electron chi connectivity index (χ0n) is 6.83. The summed E-state index contributed by atoms with van der Waals surface area (Å²) in [5.74, 6) is 1.81. The third-order valence-corrected chi connectivity index (χ3v) is 2.58. The van der Waals surface area contributed by atoms with Crippen LogP contribution in [0.2, 0.25) is 0 Å². The van der Waals surface area contributed by atoms with Crippen molar-refractivity contribution in [3.63, 3.8) is 0 Å². The minimum absolute atomic E-state index is 0.850. The maximum absolute atomic E-state index is 4.01. The van der Waals surface area contributed by atoms with Gasteiger partial charge < -0.3 is 0 Å². The van der Waals surface area contributed by atoms with Crippen molar-refractivity contribution in [2.45, 2.75) is 25.7 Å². The first kappa shape index (κ1) is 6.84. The third kappa shape index (κ3) is 1.28. The van der Waals surface area contributed by atoms with Crippen molar-refractivity contribution in [1.82, 2.24) is 4.98 Å². The molecular weight excluding hydrogens is 134 g/mol. The fourth-order valence-corrected chi connectivity index (χ4v) is 1.72. The van der Waals surface area contributed by atoms with Crippen molar-refractivity contribution in [3.05, 3.63) is 30.1 Å². The van der Waals surface area contributed by atoms with Gasteiger partial charge in [0, 0.05) is 12.4 Å². The molecule has 1 aliphatic rings. The summed E-state index contributed by atoms with van der Waals surface area (Å²) in [7, 11) is 0. The van der Waals surface area contributed by atoms with E-state index >= 15 is 0 Å². The van der Waals surface area contributed by atoms with Crippen molar-refractivity contribution >= 4 is 0 Å². The Kier molecular flexibility index (Phi) is 1.65. The molecule has 0 aliphatic heterocycles. The van der Waals surface area contributed by atoms with E-state index in [1.807, 2.05) is 12.4 Å². The Bertz CT molecular complexity index is 230. The van der Waals surface area contributed by atoms with E-state index in [1.165, 1.54) is 18.4 Å². The maximum Gasteiger partial charge on any atom is 0.0270 e. The van der Waals surface area contributed by atoms with Gasteiger partial charge in [-0.15, -0.1) is 0 Å². The van der Waals surface area contributed by atoms with Gasteiger partial charge in [0.2, 0.25) is 0 Å². The molecule has 11 heavy (non-hydrogen) atoms. The lowest BCUT2D eigenvalue weighted by atomic mass is 10.1. The topological polar surface area (TPSA) is 12.9 Å². The molecular formula is C10H13N. The number of hydrogen-bond acceptors (Lipinski definition) is 1. The lowest BCUT2D eigenvalue weighted by molar-refractivity contribution is 0.765. The number of rotatable bonds is 2. The summed E-state index contributed by atoms with van der Waals surface area (Å²) in [6, 6.07) is 4.28. The Balaban J connectivity index is 2.09. The van der Waals surface area contributed by atoms with E-state index in [0.717, 1.165) is 11.8 Å². The van der Waals surface area contributed by atoms with Crippen LogP contribution in [-0.4, -0.2) is 4.98 Å². The molecule has 1 heterocycles. The van der Waals surface area contributed by atoms with Crippen LogP contribution in [-0.2, 0) is 0 Å². The SMILES string of the molecule is CC[C@H]1C[C@@H]1c1ccncc1. The molecule has 0 amide bonds. The van der Waals surface area contributed by atoms with E-state index in [-0.39, 0.29) is 0 Å². The van der Waals surface area contributed by atoms with Crippen molar-refractivity contribution in [2.75, 3.05) is 0 Å². The van der Waals surface area contributed by atoms with Crippen LogP contribution >= 0.6 is 0 Å². The summed E-state index contributed by atoms with van der Waals surface area (Å²) in [6.45, 7) is 2.27. The Morgan fingerprint density at radius 2 is 2.18 bits per heavy atom. The molecule has 0 saturated heterocycles. The summed E-state index contributed by atoms with van der Waals surface area (Å²) in [5, 5.41) is 0. The van der Waals surface area contributed by atoms with Gasteiger partial charge in [0.1, 0.15) is 0 Å². The molecule has 0 spiro atoms. The van der Waals surface area contributed by atoms with E-state index in [0.29, 0.717) is 0 Å². The van der Waals surface area contributed by atoms with Crippen molar-refractivity contribution in [2.24, 2.45) is 5.92 Å². The zero-order valence-corrected chi connectivity index (χ0v) is 6.83. The molecule has 0 aromatic carbocycles. The van der Waals surface area contributed by atoms with Crippen LogP contribution in [0, 0.1) is 5.92 Å². The van der Waals surface area contributed by atoms with Gasteiger partial charge in [0.05, 0.1) is 0 Å². The van der Waals surface area contributed by atoms with Crippen LogP contribution in [0.3, 0.4) is 0 Å². The molecule has 2 atom stereocenters. The molecule has 1 aromatic heterocycles. The molecule has 1 aromatic rings. The Labute approximate surface area is 67.5 Å². The first-order valence-electron chi connectivity index (χ1n) is 4.31. The van der Waals surface area contributed by atoms with E-state index < -0.39 is 0 Å². The summed E-state index contributed by atoms with van der Waals surface area (Å²) in [5.41, 5.74) is 1.48. The minimum Gasteiger partial charge on any atom is -0.265 e. The first-order valence-corrected chi connectivity index (χ1v) is 4.31. The van der Waals surface area contributed by atoms with Crippen LogP contribution < -0.4 is 0 Å². The average Bonchev–Trinajstić information content (AvgIpc) is 2.85. The van der Waals surface area contributed by atoms with Crippen LogP contribution in [0.1, 0.15) is 31.2 Å². The molecule has 1 heteroatoms. The van der Waals surface area contributed by atoms with Gasteiger partial charge in [0.15, 0.2) is 0 Å². The number of nitrogens with zero attached hydrogens (tertiary/aromatic N) is 1. The van der Waals surface area contributed by atoms with Crippen LogP contribution in [0.5, 0.6) is 0 Å². The normalized spacial score (nSPS) is 28.5. The Morgan fingerprint density at radius 3 is 2.73 bits per heavy atom.